The third kappa shape index (κ3) is 5.35. The first-order valence-electron chi connectivity index (χ1n) is 9.11. The van der Waals surface area contributed by atoms with Gasteiger partial charge in [-0.1, -0.05) is 29.8 Å². The molecule has 1 atom stereocenters. The van der Waals surface area contributed by atoms with E-state index in [-0.39, 0.29) is 42.8 Å². The molecule has 150 valence electrons. The van der Waals surface area contributed by atoms with Crippen molar-refractivity contribution in [3.8, 4) is 0 Å². The summed E-state index contributed by atoms with van der Waals surface area (Å²) in [5, 5.41) is 12.5. The van der Waals surface area contributed by atoms with Crippen LogP contribution in [0.2, 0.25) is 5.02 Å². The summed E-state index contributed by atoms with van der Waals surface area (Å²) in [6, 6.07) is 7.08. The van der Waals surface area contributed by atoms with E-state index in [2.05, 4.69) is 5.32 Å². The van der Waals surface area contributed by atoms with Crippen molar-refractivity contribution in [3.63, 3.8) is 0 Å². The van der Waals surface area contributed by atoms with Gasteiger partial charge in [-0.3, -0.25) is 24.2 Å². The second-order valence-corrected chi connectivity index (χ2v) is 8.14. The Labute approximate surface area is 172 Å². The van der Waals surface area contributed by atoms with Crippen molar-refractivity contribution in [2.75, 3.05) is 32.7 Å². The van der Waals surface area contributed by atoms with Crippen LogP contribution in [0.5, 0.6) is 0 Å². The minimum Gasteiger partial charge on any atom is -0.392 e. The van der Waals surface area contributed by atoms with Crippen LogP contribution in [-0.2, 0) is 9.59 Å². The van der Waals surface area contributed by atoms with E-state index in [4.69, 9.17) is 11.6 Å². The number of nitrogens with zero attached hydrogens (tertiary/aromatic N) is 2. The van der Waals surface area contributed by atoms with Crippen LogP contribution in [0.15, 0.2) is 29.2 Å². The van der Waals surface area contributed by atoms with Crippen LogP contribution < -0.4 is 5.32 Å². The predicted molar refractivity (Wildman–Crippen MR) is 109 cm³/mol. The molecule has 3 rings (SSSR count). The molecule has 2 heterocycles. The molecular weight excluding hydrogens is 402 g/mol. The van der Waals surface area contributed by atoms with Gasteiger partial charge in [-0.15, -0.1) is 0 Å². The minimum atomic E-state index is -0.387. The topological polar surface area (TPSA) is 90.0 Å². The third-order valence-electron chi connectivity index (χ3n) is 4.57. The number of aliphatic hydroxyl groups excluding tert-OH is 1. The average molecular weight is 424 g/mol. The van der Waals surface area contributed by atoms with Gasteiger partial charge in [-0.2, -0.15) is 0 Å². The van der Waals surface area contributed by atoms with Gasteiger partial charge in [0.15, 0.2) is 0 Å². The van der Waals surface area contributed by atoms with E-state index in [0.29, 0.717) is 22.0 Å². The van der Waals surface area contributed by atoms with Crippen LogP contribution in [0.25, 0.3) is 6.08 Å². The van der Waals surface area contributed by atoms with Gasteiger partial charge in [-0.05, 0) is 48.9 Å². The summed E-state index contributed by atoms with van der Waals surface area (Å²) < 4.78 is 0. The van der Waals surface area contributed by atoms with Crippen molar-refractivity contribution in [2.24, 2.45) is 0 Å². The van der Waals surface area contributed by atoms with E-state index in [9.17, 15) is 19.5 Å². The summed E-state index contributed by atoms with van der Waals surface area (Å²) >= 11 is 6.96. The molecule has 0 unspecified atom stereocenters. The zero-order valence-corrected chi connectivity index (χ0v) is 16.8. The van der Waals surface area contributed by atoms with E-state index in [1.165, 1.54) is 0 Å². The summed E-state index contributed by atoms with van der Waals surface area (Å²) in [6.07, 6.45) is 2.84. The van der Waals surface area contributed by atoms with Crippen molar-refractivity contribution in [3.05, 3.63) is 39.8 Å². The SMILES string of the molecule is O=C(CN1CCC[C@@H](O)C1)NCCN1C(=O)S/C(=C\c2ccccc2Cl)C1=O. The fourth-order valence-corrected chi connectivity index (χ4v) is 4.21. The molecule has 7 nitrogen and oxygen atoms in total. The first-order valence-corrected chi connectivity index (χ1v) is 10.3. The van der Waals surface area contributed by atoms with Gasteiger partial charge in [0.05, 0.1) is 17.6 Å². The Bertz CT molecular complexity index is 801. The summed E-state index contributed by atoms with van der Waals surface area (Å²) in [5.74, 6) is -0.573. The molecule has 1 aromatic rings. The van der Waals surface area contributed by atoms with Crippen molar-refractivity contribution in [1.82, 2.24) is 15.1 Å². The number of imide groups is 1. The number of likely N-dealkylation sites (tertiary alicyclic amines) is 1. The second-order valence-electron chi connectivity index (χ2n) is 6.74. The molecule has 2 saturated heterocycles. The Morgan fingerprint density at radius 3 is 2.89 bits per heavy atom. The van der Waals surface area contributed by atoms with Crippen molar-refractivity contribution >= 4 is 46.5 Å². The number of piperidine rings is 1. The van der Waals surface area contributed by atoms with Gasteiger partial charge in [-0.25, -0.2) is 0 Å². The molecule has 2 N–H and O–H groups in total. The van der Waals surface area contributed by atoms with E-state index >= 15 is 0 Å². The predicted octanol–water partition coefficient (Wildman–Crippen LogP) is 1.95. The van der Waals surface area contributed by atoms with Gasteiger partial charge >= 0.3 is 0 Å². The fourth-order valence-electron chi connectivity index (χ4n) is 3.17. The van der Waals surface area contributed by atoms with Gasteiger partial charge in [0.1, 0.15) is 0 Å². The van der Waals surface area contributed by atoms with E-state index < -0.39 is 0 Å². The lowest BCUT2D eigenvalue weighted by Crippen LogP contribution is -2.45. The standard InChI is InChI=1S/C19H22ClN3O4S/c20-15-6-2-1-4-13(15)10-16-18(26)23(19(27)28-16)9-7-21-17(25)12-22-8-3-5-14(24)11-22/h1-2,4,6,10,14,24H,3,5,7-9,11-12H2,(H,21,25)/b16-10-/t14-/m1/s1. The molecule has 2 aliphatic heterocycles. The maximum absolute atomic E-state index is 12.5. The van der Waals surface area contributed by atoms with E-state index in [0.717, 1.165) is 36.0 Å². The average Bonchev–Trinajstić information content (AvgIpc) is 2.91. The molecule has 0 aromatic heterocycles. The van der Waals surface area contributed by atoms with Gasteiger partial charge in [0, 0.05) is 24.7 Å². The molecule has 0 radical (unpaired) electrons. The van der Waals surface area contributed by atoms with Gasteiger partial charge < -0.3 is 10.4 Å². The maximum Gasteiger partial charge on any atom is 0.293 e. The summed E-state index contributed by atoms with van der Waals surface area (Å²) in [5.41, 5.74) is 0.673. The van der Waals surface area contributed by atoms with Crippen LogP contribution in [0.3, 0.4) is 0 Å². The highest BCUT2D eigenvalue weighted by Gasteiger charge is 2.34. The molecule has 2 fully saturated rings. The summed E-state index contributed by atoms with van der Waals surface area (Å²) in [7, 11) is 0. The molecule has 28 heavy (non-hydrogen) atoms. The monoisotopic (exact) mass is 423 g/mol. The number of aliphatic hydroxyl groups is 1. The summed E-state index contributed by atoms with van der Waals surface area (Å²) in [4.78, 5) is 40.0. The molecule has 9 heteroatoms. The number of hydrogen-bond donors (Lipinski definition) is 2. The molecule has 2 aliphatic rings. The Kier molecular flexibility index (Phi) is 7.12. The first-order chi connectivity index (χ1) is 13.4. The lowest BCUT2D eigenvalue weighted by molar-refractivity contribution is -0.125. The molecule has 0 spiro atoms. The first kappa shape index (κ1) is 20.9. The molecular formula is C19H22ClN3O4S. The second kappa shape index (κ2) is 9.56. The van der Waals surface area contributed by atoms with Crippen LogP contribution >= 0.6 is 23.4 Å². The molecule has 3 amide bonds. The zero-order valence-electron chi connectivity index (χ0n) is 15.3. The Balaban J connectivity index is 1.49. The smallest absolute Gasteiger partial charge is 0.293 e. The Morgan fingerprint density at radius 1 is 1.36 bits per heavy atom. The number of carbonyl (C=O) groups is 3. The number of carbonyl (C=O) groups excluding carboxylic acids is 3. The van der Waals surface area contributed by atoms with Crippen molar-refractivity contribution < 1.29 is 19.5 Å². The van der Waals surface area contributed by atoms with Crippen LogP contribution in [0.1, 0.15) is 18.4 Å². The number of amides is 3. The Morgan fingerprint density at radius 2 is 2.14 bits per heavy atom. The largest absolute Gasteiger partial charge is 0.392 e. The Hall–Kier alpha value is -1.87. The lowest BCUT2D eigenvalue weighted by atomic mass is 10.1. The van der Waals surface area contributed by atoms with Gasteiger partial charge in [0.2, 0.25) is 5.91 Å². The number of hydrogen-bond acceptors (Lipinski definition) is 6. The zero-order chi connectivity index (χ0) is 20.1. The normalized spacial score (nSPS) is 22.1. The summed E-state index contributed by atoms with van der Waals surface area (Å²) in [6.45, 7) is 1.76. The minimum absolute atomic E-state index is 0.110. The highest BCUT2D eigenvalue weighted by atomic mass is 35.5. The number of thioether (sulfide) groups is 1. The number of nitrogens with one attached hydrogen (secondary N) is 1. The molecule has 0 bridgehead atoms. The molecule has 0 saturated carbocycles. The lowest BCUT2D eigenvalue weighted by Gasteiger charge is -2.29. The number of β-amino-alcohol motifs (C(OH)–C–C–N with tert-alkyl or cyclic N) is 1. The highest BCUT2D eigenvalue weighted by molar-refractivity contribution is 8.18. The van der Waals surface area contributed by atoms with Crippen LogP contribution in [-0.4, -0.2) is 70.8 Å². The van der Waals surface area contributed by atoms with E-state index in [1.54, 1.807) is 30.3 Å². The molecule has 1 aromatic carbocycles. The van der Waals surface area contributed by atoms with Crippen molar-refractivity contribution in [2.45, 2.75) is 18.9 Å². The maximum atomic E-state index is 12.5. The highest BCUT2D eigenvalue weighted by Crippen LogP contribution is 2.33. The fraction of sp³-hybridized carbons (Fsp3) is 0.421. The van der Waals surface area contributed by atoms with E-state index in [1.807, 2.05) is 4.90 Å². The van der Waals surface area contributed by atoms with Crippen LogP contribution in [0.4, 0.5) is 4.79 Å². The number of rotatable bonds is 6. The number of benzene rings is 1. The third-order valence-corrected chi connectivity index (χ3v) is 5.82. The van der Waals surface area contributed by atoms with Gasteiger partial charge in [0.25, 0.3) is 11.1 Å². The molecule has 0 aliphatic carbocycles. The number of halogens is 1. The quantitative estimate of drug-likeness (QED) is 0.680. The van der Waals surface area contributed by atoms with Crippen LogP contribution in [0, 0.1) is 0 Å². The van der Waals surface area contributed by atoms with Crippen molar-refractivity contribution in [1.29, 1.82) is 0 Å².